The molecule has 7 rings (SSSR count). The summed E-state index contributed by atoms with van der Waals surface area (Å²) in [7, 11) is 0. The monoisotopic (exact) mass is 562 g/mol. The summed E-state index contributed by atoms with van der Waals surface area (Å²) in [6.07, 6.45) is 0. The lowest BCUT2D eigenvalue weighted by atomic mass is 9.82. The van der Waals surface area contributed by atoms with E-state index in [1.54, 1.807) is 36.4 Å². The molecule has 0 spiro atoms. The lowest BCUT2D eigenvalue weighted by molar-refractivity contribution is 0.0815. The number of benzene rings is 5. The highest BCUT2D eigenvalue weighted by Gasteiger charge is 2.34. The number of carbonyl (C=O) groups is 4. The Bertz CT molecular complexity index is 1930. The van der Waals surface area contributed by atoms with Gasteiger partial charge in [0.1, 0.15) is 0 Å². The first kappa shape index (κ1) is 25.5. The minimum atomic E-state index is -1.73. The van der Waals surface area contributed by atoms with Gasteiger partial charge >= 0.3 is 0 Å². The van der Waals surface area contributed by atoms with Crippen molar-refractivity contribution < 1.29 is 36.7 Å². The van der Waals surface area contributed by atoms with Gasteiger partial charge in [-0.1, -0.05) is 72.8 Å². The third-order valence-electron chi connectivity index (χ3n) is 7.71. The van der Waals surface area contributed by atoms with E-state index < -0.39 is 57.5 Å². The second-order valence-corrected chi connectivity index (χ2v) is 9.93. The quantitative estimate of drug-likeness (QED) is 0.126. The van der Waals surface area contributed by atoms with E-state index in [-0.39, 0.29) is 33.4 Å². The van der Waals surface area contributed by atoms with E-state index in [0.29, 0.717) is 22.3 Å². The van der Waals surface area contributed by atoms with Crippen molar-refractivity contribution in [1.29, 1.82) is 0 Å². The van der Waals surface area contributed by atoms with Crippen LogP contribution in [0.3, 0.4) is 0 Å². The van der Waals surface area contributed by atoms with Gasteiger partial charge in [-0.3, -0.25) is 19.2 Å². The lowest BCUT2D eigenvalue weighted by Crippen LogP contribution is -2.21. The Balaban J connectivity index is 1.38. The molecule has 5 aromatic carbocycles. The molecular formula is C34H14F4O4. The van der Waals surface area contributed by atoms with Crippen LogP contribution in [0.1, 0.15) is 41.4 Å². The highest BCUT2D eigenvalue weighted by Crippen LogP contribution is 2.42. The third kappa shape index (κ3) is 3.41. The highest BCUT2D eigenvalue weighted by atomic mass is 19.2. The summed E-state index contributed by atoms with van der Waals surface area (Å²) in [5.74, 6) is -10.4. The molecule has 42 heavy (non-hydrogen) atoms. The van der Waals surface area contributed by atoms with Crippen LogP contribution in [0.4, 0.5) is 17.6 Å². The first-order valence-electron chi connectivity index (χ1n) is 12.7. The van der Waals surface area contributed by atoms with Gasteiger partial charge in [-0.05, 0) is 45.5 Å². The summed E-state index contributed by atoms with van der Waals surface area (Å²) in [4.78, 5) is 50.9. The largest absolute Gasteiger partial charge is 0.285 e. The molecule has 0 amide bonds. The first-order chi connectivity index (χ1) is 20.2. The molecule has 0 atom stereocenters. The molecule has 8 heteroatoms. The summed E-state index contributed by atoms with van der Waals surface area (Å²) < 4.78 is 62.2. The van der Waals surface area contributed by atoms with Gasteiger partial charge in [0.25, 0.3) is 0 Å². The normalized spacial score (nSPS) is 13.4. The van der Waals surface area contributed by atoms with Crippen molar-refractivity contribution in [2.45, 2.75) is 0 Å². The van der Waals surface area contributed by atoms with Crippen LogP contribution < -0.4 is 0 Å². The molecule has 0 heterocycles. The third-order valence-corrected chi connectivity index (χ3v) is 7.71. The van der Waals surface area contributed by atoms with Crippen LogP contribution >= 0.6 is 0 Å². The summed E-state index contributed by atoms with van der Waals surface area (Å²) in [6, 6.07) is 19.9. The second kappa shape index (κ2) is 9.01. The Kier molecular flexibility index (Phi) is 5.46. The first-order valence-corrected chi connectivity index (χ1v) is 12.7. The maximum absolute atomic E-state index is 15.5. The molecule has 4 nitrogen and oxygen atoms in total. The van der Waals surface area contributed by atoms with Crippen molar-refractivity contribution in [1.82, 2.24) is 0 Å². The summed E-state index contributed by atoms with van der Waals surface area (Å²) in [5, 5.41) is 0. The molecule has 0 fully saturated rings. The molecule has 2 aliphatic carbocycles. The van der Waals surface area contributed by atoms with E-state index in [1.165, 1.54) is 36.4 Å². The smallest absolute Gasteiger partial charge is 0.234 e. The van der Waals surface area contributed by atoms with Crippen molar-refractivity contribution >= 4 is 23.1 Å². The molecule has 0 bridgehead atoms. The van der Waals surface area contributed by atoms with Gasteiger partial charge in [-0.2, -0.15) is 0 Å². The van der Waals surface area contributed by atoms with E-state index in [2.05, 4.69) is 0 Å². The zero-order valence-electron chi connectivity index (χ0n) is 21.2. The second-order valence-electron chi connectivity index (χ2n) is 9.93. The van der Waals surface area contributed by atoms with Crippen LogP contribution in [0.15, 0.2) is 84.9 Å². The van der Waals surface area contributed by atoms with Gasteiger partial charge in [-0.25, -0.2) is 17.6 Å². The number of Topliss-reactive ketones (excluding diaryl/α,β-unsaturated/α-hetero) is 4. The number of hydrogen-bond acceptors (Lipinski definition) is 4. The van der Waals surface area contributed by atoms with Gasteiger partial charge in [0.15, 0.2) is 23.3 Å². The zero-order chi connectivity index (χ0) is 29.4. The Morgan fingerprint density at radius 2 is 0.619 bits per heavy atom. The molecule has 5 aromatic rings. The fraction of sp³-hybridized carbons (Fsp3) is 0. The molecule has 202 valence electrons. The Morgan fingerprint density at radius 1 is 0.333 bits per heavy atom. The average Bonchev–Trinajstić information content (AvgIpc) is 3.01. The van der Waals surface area contributed by atoms with Crippen molar-refractivity contribution in [3.05, 3.63) is 130 Å². The van der Waals surface area contributed by atoms with Crippen molar-refractivity contribution in [2.75, 3.05) is 0 Å². The Morgan fingerprint density at radius 3 is 0.976 bits per heavy atom. The van der Waals surface area contributed by atoms with E-state index in [9.17, 15) is 19.2 Å². The van der Waals surface area contributed by atoms with Crippen LogP contribution in [0.25, 0.3) is 44.5 Å². The number of rotatable bonds is 2. The van der Waals surface area contributed by atoms with Crippen LogP contribution in [0.2, 0.25) is 0 Å². The van der Waals surface area contributed by atoms with Crippen LogP contribution in [-0.4, -0.2) is 23.1 Å². The maximum atomic E-state index is 15.5. The van der Waals surface area contributed by atoms with Crippen molar-refractivity contribution in [2.24, 2.45) is 0 Å². The van der Waals surface area contributed by atoms with E-state index in [4.69, 9.17) is 0 Å². The standard InChI is InChI=1S/C34H14F4O4/c35-27-25(15-9-11-19-17-5-1-3-7-21(17)31(39)33(41)23(19)13-15)28(36)30(38)26(29(27)37)16-10-12-20-18-6-2-4-8-22(18)32(40)34(42)24(20)14-16/h1-14H. The summed E-state index contributed by atoms with van der Waals surface area (Å²) in [5.41, 5.74) is -1.21. The number of fused-ring (bicyclic) bond motifs is 6. The molecular weight excluding hydrogens is 548 g/mol. The SMILES string of the molecule is O=C1C(=O)c2cc(-c3c(F)c(F)c(-c4ccc5c(c4)C(=O)C(=O)c4ccccc4-5)c(F)c3F)ccc2-c2ccccc21. The molecule has 0 saturated heterocycles. The number of halogens is 4. The maximum Gasteiger partial charge on any atom is 0.234 e. The number of hydrogen-bond donors (Lipinski definition) is 0. The number of ketones is 4. The highest BCUT2D eigenvalue weighted by molar-refractivity contribution is 6.53. The fourth-order valence-corrected chi connectivity index (χ4v) is 5.70. The minimum Gasteiger partial charge on any atom is -0.285 e. The van der Waals surface area contributed by atoms with E-state index >= 15 is 17.6 Å². The van der Waals surface area contributed by atoms with Gasteiger partial charge in [-0.15, -0.1) is 0 Å². The van der Waals surface area contributed by atoms with Gasteiger partial charge < -0.3 is 0 Å². The molecule has 0 saturated carbocycles. The van der Waals surface area contributed by atoms with Crippen LogP contribution in [0, 0.1) is 23.3 Å². The zero-order valence-corrected chi connectivity index (χ0v) is 21.2. The molecule has 0 aliphatic heterocycles. The summed E-state index contributed by atoms with van der Waals surface area (Å²) in [6.45, 7) is 0. The van der Waals surface area contributed by atoms with E-state index in [1.807, 2.05) is 0 Å². The predicted molar refractivity (Wildman–Crippen MR) is 145 cm³/mol. The van der Waals surface area contributed by atoms with Gasteiger partial charge in [0.05, 0.1) is 11.1 Å². The molecule has 0 aromatic heterocycles. The van der Waals surface area contributed by atoms with Crippen LogP contribution in [0.5, 0.6) is 0 Å². The predicted octanol–water partition coefficient (Wildman–Crippen LogP) is 7.67. The van der Waals surface area contributed by atoms with Crippen LogP contribution in [-0.2, 0) is 0 Å². The molecule has 0 unspecified atom stereocenters. The minimum absolute atomic E-state index is 0.155. The van der Waals surface area contributed by atoms with Crippen molar-refractivity contribution in [3.63, 3.8) is 0 Å². The summed E-state index contributed by atoms with van der Waals surface area (Å²) >= 11 is 0. The Hall–Kier alpha value is -5.50. The fourth-order valence-electron chi connectivity index (χ4n) is 5.70. The average molecular weight is 562 g/mol. The van der Waals surface area contributed by atoms with Gasteiger partial charge in [0, 0.05) is 22.3 Å². The van der Waals surface area contributed by atoms with E-state index in [0.717, 1.165) is 12.1 Å². The van der Waals surface area contributed by atoms with Crippen molar-refractivity contribution in [3.8, 4) is 44.5 Å². The Labute approximate surface area is 234 Å². The molecule has 2 aliphatic rings. The lowest BCUT2D eigenvalue weighted by Gasteiger charge is -2.20. The molecule has 0 radical (unpaired) electrons. The topological polar surface area (TPSA) is 68.3 Å². The number of carbonyl (C=O) groups excluding carboxylic acids is 4. The van der Waals surface area contributed by atoms with Gasteiger partial charge in [0.2, 0.25) is 23.1 Å². The molecule has 0 N–H and O–H groups in total.